The number of aryl methyl sites for hydroxylation is 2. The summed E-state index contributed by atoms with van der Waals surface area (Å²) in [7, 11) is 3.05. The van der Waals surface area contributed by atoms with Crippen molar-refractivity contribution >= 4 is 11.2 Å². The molecule has 0 N–H and O–H groups in total. The molecule has 1 aromatic carbocycles. The number of rotatable bonds is 3. The maximum atomic E-state index is 12.5. The zero-order chi connectivity index (χ0) is 18.4. The number of hydrogen-bond donors (Lipinski definition) is 0. The second-order valence-electron chi connectivity index (χ2n) is 6.14. The van der Waals surface area contributed by atoms with Crippen LogP contribution in [0.15, 0.2) is 50.7 Å². The Balaban J connectivity index is 1.81. The Hall–Kier alpha value is -3.42. The molecule has 0 atom stereocenters. The second-order valence-corrected chi connectivity index (χ2v) is 6.14. The van der Waals surface area contributed by atoms with Crippen molar-refractivity contribution in [3.8, 4) is 11.5 Å². The van der Waals surface area contributed by atoms with Crippen LogP contribution in [0, 0.1) is 6.92 Å². The van der Waals surface area contributed by atoms with Crippen LogP contribution in [0.5, 0.6) is 0 Å². The van der Waals surface area contributed by atoms with Crippen LogP contribution in [0.2, 0.25) is 0 Å². The van der Waals surface area contributed by atoms with Crippen LogP contribution < -0.4 is 11.2 Å². The molecular formula is C18H17N5O3. The fourth-order valence-electron chi connectivity index (χ4n) is 2.96. The predicted octanol–water partition coefficient (Wildman–Crippen LogP) is 1.45. The minimum atomic E-state index is -0.406. The molecule has 8 heteroatoms. The number of nitrogens with zero attached hydrogens (tertiary/aromatic N) is 5. The lowest BCUT2D eigenvalue weighted by molar-refractivity contribution is 0.538. The molecular weight excluding hydrogens is 334 g/mol. The third-order valence-corrected chi connectivity index (χ3v) is 4.45. The van der Waals surface area contributed by atoms with E-state index in [9.17, 15) is 9.59 Å². The Bertz CT molecular complexity index is 1230. The maximum absolute atomic E-state index is 12.5. The van der Waals surface area contributed by atoms with Gasteiger partial charge in [-0.2, -0.15) is 0 Å². The first-order chi connectivity index (χ1) is 12.5. The lowest BCUT2D eigenvalue weighted by atomic mass is 10.2. The molecule has 0 saturated heterocycles. The monoisotopic (exact) mass is 351 g/mol. The summed E-state index contributed by atoms with van der Waals surface area (Å²) >= 11 is 0. The average molecular weight is 351 g/mol. The van der Waals surface area contributed by atoms with E-state index in [1.165, 1.54) is 11.6 Å². The van der Waals surface area contributed by atoms with Gasteiger partial charge in [-0.1, -0.05) is 18.2 Å². The van der Waals surface area contributed by atoms with Gasteiger partial charge in [0, 0.05) is 19.7 Å². The van der Waals surface area contributed by atoms with Crippen LogP contribution in [0.1, 0.15) is 11.5 Å². The Labute approximate surface area is 148 Å². The van der Waals surface area contributed by atoms with Crippen molar-refractivity contribution in [2.24, 2.45) is 14.1 Å². The first kappa shape index (κ1) is 16.1. The summed E-state index contributed by atoms with van der Waals surface area (Å²) < 4.78 is 9.90. The van der Waals surface area contributed by atoms with Crippen LogP contribution >= 0.6 is 0 Å². The van der Waals surface area contributed by atoms with Crippen LogP contribution in [0.25, 0.3) is 22.6 Å². The van der Waals surface area contributed by atoms with E-state index in [2.05, 4.69) is 9.97 Å². The lowest BCUT2D eigenvalue weighted by Gasteiger charge is -2.05. The quantitative estimate of drug-likeness (QED) is 0.557. The molecule has 0 unspecified atom stereocenters. The third-order valence-electron chi connectivity index (χ3n) is 4.45. The van der Waals surface area contributed by atoms with Crippen molar-refractivity contribution in [2.45, 2.75) is 13.5 Å². The lowest BCUT2D eigenvalue weighted by Crippen LogP contribution is -2.37. The molecule has 4 rings (SSSR count). The molecule has 3 heterocycles. The minimum absolute atomic E-state index is 0.326. The van der Waals surface area contributed by atoms with Gasteiger partial charge in [0.05, 0.1) is 12.9 Å². The summed E-state index contributed by atoms with van der Waals surface area (Å²) in [5, 5.41) is 0. The van der Waals surface area contributed by atoms with Crippen molar-refractivity contribution in [1.82, 2.24) is 23.7 Å². The molecule has 26 heavy (non-hydrogen) atoms. The van der Waals surface area contributed by atoms with E-state index in [1.807, 2.05) is 37.3 Å². The largest absolute Gasteiger partial charge is 0.441 e. The summed E-state index contributed by atoms with van der Waals surface area (Å²) in [6.07, 6.45) is 1.54. The van der Waals surface area contributed by atoms with Crippen LogP contribution in [-0.4, -0.2) is 23.7 Å². The van der Waals surface area contributed by atoms with E-state index in [1.54, 1.807) is 17.9 Å². The number of benzene rings is 1. The van der Waals surface area contributed by atoms with E-state index in [-0.39, 0.29) is 5.56 Å². The SMILES string of the molecule is Cc1oc(-c2ccccc2)nc1Cn1cnc2c1c(=O)n(C)c(=O)n2C. The summed E-state index contributed by atoms with van der Waals surface area (Å²) in [5.74, 6) is 1.20. The van der Waals surface area contributed by atoms with Gasteiger partial charge < -0.3 is 8.98 Å². The first-order valence-electron chi connectivity index (χ1n) is 8.10. The molecule has 0 radical (unpaired) electrons. The highest BCUT2D eigenvalue weighted by atomic mass is 16.4. The predicted molar refractivity (Wildman–Crippen MR) is 96.0 cm³/mol. The third kappa shape index (κ3) is 2.38. The average Bonchev–Trinajstić information content (AvgIpc) is 3.23. The summed E-state index contributed by atoms with van der Waals surface area (Å²) in [6.45, 7) is 2.16. The maximum Gasteiger partial charge on any atom is 0.332 e. The molecule has 0 amide bonds. The van der Waals surface area contributed by atoms with Crippen molar-refractivity contribution in [2.75, 3.05) is 0 Å². The van der Waals surface area contributed by atoms with Gasteiger partial charge in [-0.3, -0.25) is 13.9 Å². The Morgan fingerprint density at radius 3 is 2.54 bits per heavy atom. The molecule has 4 aromatic rings. The Morgan fingerprint density at radius 1 is 1.08 bits per heavy atom. The molecule has 0 fully saturated rings. The fraction of sp³-hybridized carbons (Fsp3) is 0.222. The molecule has 0 aliphatic carbocycles. The van der Waals surface area contributed by atoms with Crippen LogP contribution in [0.4, 0.5) is 0 Å². The highest BCUT2D eigenvalue weighted by Gasteiger charge is 2.17. The van der Waals surface area contributed by atoms with Gasteiger partial charge in [0.1, 0.15) is 11.5 Å². The summed E-state index contributed by atoms with van der Waals surface area (Å²) in [6, 6.07) is 9.61. The Morgan fingerprint density at radius 2 is 1.81 bits per heavy atom. The first-order valence-corrected chi connectivity index (χ1v) is 8.10. The van der Waals surface area contributed by atoms with E-state index in [0.29, 0.717) is 35.1 Å². The number of imidazole rings is 1. The molecule has 3 aromatic heterocycles. The molecule has 0 saturated carbocycles. The number of hydrogen-bond acceptors (Lipinski definition) is 5. The number of fused-ring (bicyclic) bond motifs is 1. The van der Waals surface area contributed by atoms with Crippen molar-refractivity contribution in [3.63, 3.8) is 0 Å². The van der Waals surface area contributed by atoms with Gasteiger partial charge in [-0.05, 0) is 19.1 Å². The van der Waals surface area contributed by atoms with E-state index in [4.69, 9.17) is 4.42 Å². The highest BCUT2D eigenvalue weighted by molar-refractivity contribution is 5.70. The van der Waals surface area contributed by atoms with Gasteiger partial charge >= 0.3 is 5.69 Å². The molecule has 0 aliphatic heterocycles. The fourth-order valence-corrected chi connectivity index (χ4v) is 2.96. The second kappa shape index (κ2) is 5.83. The Kier molecular flexibility index (Phi) is 3.61. The standard InChI is InChI=1S/C18H17N5O3/c1-11-13(20-16(26-11)12-7-5-4-6-8-12)9-23-10-19-15-14(23)17(24)22(3)18(25)21(15)2/h4-8,10H,9H2,1-3H3. The van der Waals surface area contributed by atoms with Gasteiger partial charge in [-0.15, -0.1) is 0 Å². The smallest absolute Gasteiger partial charge is 0.332 e. The van der Waals surface area contributed by atoms with Crippen molar-refractivity contribution in [1.29, 1.82) is 0 Å². The summed E-state index contributed by atoms with van der Waals surface area (Å²) in [4.78, 5) is 33.4. The molecule has 0 aliphatic rings. The molecule has 0 spiro atoms. The van der Waals surface area contributed by atoms with Gasteiger partial charge in [0.2, 0.25) is 5.89 Å². The van der Waals surface area contributed by atoms with Gasteiger partial charge in [-0.25, -0.2) is 14.8 Å². The highest BCUT2D eigenvalue weighted by Crippen LogP contribution is 2.22. The summed E-state index contributed by atoms with van der Waals surface area (Å²) in [5.41, 5.74) is 1.51. The topological polar surface area (TPSA) is 87.8 Å². The zero-order valence-electron chi connectivity index (χ0n) is 14.6. The molecule has 132 valence electrons. The van der Waals surface area contributed by atoms with Gasteiger partial charge in [0.25, 0.3) is 5.56 Å². The minimum Gasteiger partial charge on any atom is -0.441 e. The number of aromatic nitrogens is 5. The molecule has 0 bridgehead atoms. The molecule has 8 nitrogen and oxygen atoms in total. The van der Waals surface area contributed by atoms with Crippen LogP contribution in [0.3, 0.4) is 0 Å². The van der Waals surface area contributed by atoms with E-state index < -0.39 is 5.69 Å². The normalized spacial score (nSPS) is 11.3. The number of oxazole rings is 1. The zero-order valence-corrected chi connectivity index (χ0v) is 14.6. The van der Waals surface area contributed by atoms with E-state index in [0.717, 1.165) is 10.1 Å². The van der Waals surface area contributed by atoms with Crippen LogP contribution in [-0.2, 0) is 20.6 Å². The van der Waals surface area contributed by atoms with Crippen molar-refractivity contribution < 1.29 is 4.42 Å². The van der Waals surface area contributed by atoms with Gasteiger partial charge in [0.15, 0.2) is 11.2 Å². The van der Waals surface area contributed by atoms with E-state index >= 15 is 0 Å². The van der Waals surface area contributed by atoms with Crippen molar-refractivity contribution in [3.05, 3.63) is 69.0 Å².